The van der Waals surface area contributed by atoms with Crippen molar-refractivity contribution in [3.8, 4) is 0 Å². The van der Waals surface area contributed by atoms with Gasteiger partial charge in [0.25, 0.3) is 0 Å². The molecule has 7 heteroatoms. The largest absolute Gasteiger partial charge is 0.460 e. The minimum Gasteiger partial charge on any atom is -0.460 e. The molecule has 1 N–H and O–H groups in total. The standard InChI is InChI=1S/C53H79ClN2O4/c1-34(2)45-41(57)31-53(44(58)33-56(30-29-55(11)12)32-35-13-19-38(54)20-14-35)28-27-51(9)40(46(45)53)21-22-43-50(8)25-23-39(49(6,7)42(50)24-26-52(43,51)10)36-15-17-37(18-16-36)47(59)60-48(3,4)5/h13-15,19-20,23,34,37,40,42-44,58H,16-18,21-22,24-33H2,1-12H3/t37?,40-,42+,43-,44?,50+,51-,52-,53+/m1/s1. The Morgan fingerprint density at radius 2 is 1.62 bits per heavy atom. The van der Waals surface area contributed by atoms with Crippen LogP contribution < -0.4 is 0 Å². The number of hydrogen-bond donors (Lipinski definition) is 1. The van der Waals surface area contributed by atoms with Gasteiger partial charge in [0.2, 0.25) is 0 Å². The fraction of sp³-hybridized carbons (Fsp3) is 0.736. The number of benzene rings is 1. The van der Waals surface area contributed by atoms with Crippen molar-refractivity contribution >= 4 is 23.4 Å². The van der Waals surface area contributed by atoms with Gasteiger partial charge in [-0.25, -0.2) is 0 Å². The number of fused-ring (bicyclic) bond motifs is 7. The molecular formula is C53H79ClN2O4. The van der Waals surface area contributed by atoms with Crippen molar-refractivity contribution in [1.29, 1.82) is 0 Å². The third-order valence-electron chi connectivity index (χ3n) is 17.8. The Labute approximate surface area is 369 Å². The zero-order valence-corrected chi connectivity index (χ0v) is 40.2. The summed E-state index contributed by atoms with van der Waals surface area (Å²) in [6.07, 6.45) is 15.1. The van der Waals surface area contributed by atoms with Crippen molar-refractivity contribution < 1.29 is 19.4 Å². The number of esters is 1. The molecule has 9 atom stereocenters. The Morgan fingerprint density at radius 1 is 0.917 bits per heavy atom. The second-order valence-corrected chi connectivity index (χ2v) is 23.7. The summed E-state index contributed by atoms with van der Waals surface area (Å²) in [6.45, 7) is 26.3. The van der Waals surface area contributed by atoms with E-state index < -0.39 is 17.1 Å². The topological polar surface area (TPSA) is 70.1 Å². The van der Waals surface area contributed by atoms with Gasteiger partial charge >= 0.3 is 5.97 Å². The first-order chi connectivity index (χ1) is 28.0. The summed E-state index contributed by atoms with van der Waals surface area (Å²) >= 11 is 6.27. The van der Waals surface area contributed by atoms with E-state index in [1.807, 2.05) is 32.9 Å². The van der Waals surface area contributed by atoms with Crippen molar-refractivity contribution in [3.05, 3.63) is 69.3 Å². The quantitative estimate of drug-likeness (QED) is 0.224. The van der Waals surface area contributed by atoms with Crippen molar-refractivity contribution in [2.24, 2.45) is 56.7 Å². The molecule has 0 bridgehead atoms. The Kier molecular flexibility index (Phi) is 12.5. The zero-order valence-electron chi connectivity index (χ0n) is 39.5. The van der Waals surface area contributed by atoms with Crippen LogP contribution >= 0.6 is 11.6 Å². The maximum Gasteiger partial charge on any atom is 0.309 e. The van der Waals surface area contributed by atoms with Crippen LogP contribution in [0.15, 0.2) is 58.7 Å². The van der Waals surface area contributed by atoms with Crippen LogP contribution in [0.5, 0.6) is 0 Å². The molecule has 6 nitrogen and oxygen atoms in total. The van der Waals surface area contributed by atoms with E-state index in [0.29, 0.717) is 30.7 Å². The van der Waals surface area contributed by atoms with Crippen LogP contribution in [0.3, 0.4) is 0 Å². The number of allylic oxidation sites excluding steroid dienone is 5. The Hall–Kier alpha value is -2.25. The lowest BCUT2D eigenvalue weighted by Gasteiger charge is -2.71. The highest BCUT2D eigenvalue weighted by Gasteiger charge is 2.70. The first-order valence-corrected chi connectivity index (χ1v) is 24.0. The normalized spacial score (nSPS) is 35.7. The number of likely N-dealkylation sites (N-methyl/N-ethyl adjacent to an activating group) is 1. The van der Waals surface area contributed by atoms with E-state index >= 15 is 0 Å². The smallest absolute Gasteiger partial charge is 0.309 e. The molecule has 3 saturated carbocycles. The van der Waals surface area contributed by atoms with Gasteiger partial charge in [0.15, 0.2) is 5.78 Å². The average Bonchev–Trinajstić information content (AvgIpc) is 3.47. The van der Waals surface area contributed by atoms with E-state index in [0.717, 1.165) is 75.2 Å². The van der Waals surface area contributed by atoms with Crippen molar-refractivity contribution in [3.63, 3.8) is 0 Å². The lowest BCUT2D eigenvalue weighted by atomic mass is 9.33. The number of nitrogens with zero attached hydrogens (tertiary/aromatic N) is 2. The lowest BCUT2D eigenvalue weighted by molar-refractivity contribution is -0.202. The van der Waals surface area contributed by atoms with Crippen LogP contribution in [-0.4, -0.2) is 72.1 Å². The molecule has 7 rings (SSSR count). The molecule has 1 aromatic carbocycles. The van der Waals surface area contributed by atoms with E-state index in [-0.39, 0.29) is 45.2 Å². The number of rotatable bonds is 11. The average molecular weight is 844 g/mol. The van der Waals surface area contributed by atoms with Crippen molar-refractivity contribution in [2.45, 2.75) is 158 Å². The predicted octanol–water partition coefficient (Wildman–Crippen LogP) is 11.6. The van der Waals surface area contributed by atoms with Gasteiger partial charge in [-0.3, -0.25) is 14.5 Å². The van der Waals surface area contributed by atoms with E-state index in [4.69, 9.17) is 16.3 Å². The first kappa shape index (κ1) is 45.8. The number of halogens is 1. The number of hydrogen-bond acceptors (Lipinski definition) is 6. The van der Waals surface area contributed by atoms with Crippen LogP contribution in [-0.2, 0) is 20.9 Å². The summed E-state index contributed by atoms with van der Waals surface area (Å²) in [5, 5.41) is 13.5. The van der Waals surface area contributed by atoms with Gasteiger partial charge < -0.3 is 14.7 Å². The number of aliphatic hydroxyl groups is 1. The molecule has 0 aromatic heterocycles. The van der Waals surface area contributed by atoms with E-state index in [1.54, 1.807) is 0 Å². The van der Waals surface area contributed by atoms with Crippen LogP contribution in [0.4, 0.5) is 0 Å². The van der Waals surface area contributed by atoms with Crippen molar-refractivity contribution in [1.82, 2.24) is 9.80 Å². The van der Waals surface area contributed by atoms with Gasteiger partial charge in [-0.2, -0.15) is 0 Å². The number of carbonyl (C=O) groups excluding carboxylic acids is 2. The highest BCUT2D eigenvalue weighted by molar-refractivity contribution is 6.30. The number of Topliss-reactive ketones (excluding diaryl/α,β-unsaturated/α-hetero) is 1. The molecule has 2 unspecified atom stereocenters. The summed E-state index contributed by atoms with van der Waals surface area (Å²) in [5.74, 6) is 1.77. The summed E-state index contributed by atoms with van der Waals surface area (Å²) in [4.78, 5) is 32.0. The van der Waals surface area contributed by atoms with Gasteiger partial charge in [-0.15, -0.1) is 0 Å². The minimum atomic E-state index is -0.623. The second kappa shape index (κ2) is 16.4. The van der Waals surface area contributed by atoms with Crippen LogP contribution in [0, 0.1) is 56.7 Å². The Balaban J connectivity index is 1.17. The third kappa shape index (κ3) is 7.87. The molecule has 0 radical (unpaired) electrons. The summed E-state index contributed by atoms with van der Waals surface area (Å²) in [6, 6.07) is 8.10. The second-order valence-electron chi connectivity index (χ2n) is 23.3. The lowest BCUT2D eigenvalue weighted by Crippen LogP contribution is -2.65. The highest BCUT2D eigenvalue weighted by atomic mass is 35.5. The van der Waals surface area contributed by atoms with Crippen molar-refractivity contribution in [2.75, 3.05) is 33.7 Å². The maximum atomic E-state index is 14.4. The van der Waals surface area contributed by atoms with E-state index in [9.17, 15) is 14.7 Å². The SMILES string of the molecule is CC(C)C1=C2[C@H]3CC[C@@H]4[C@@]5(C)CC=C(C6=CCC(C(=O)OC(C)(C)C)CC6)C(C)(C)[C@@H]5CC[C@@]4(C)[C@]3(C)CC[C@@]2(C(O)CN(CCN(C)C)Cc2ccc(Cl)cc2)CC1=O. The molecule has 1 aromatic rings. The van der Waals surface area contributed by atoms with Crippen LogP contribution in [0.25, 0.3) is 0 Å². The number of ketones is 1. The van der Waals surface area contributed by atoms with Gasteiger partial charge in [0.1, 0.15) is 5.60 Å². The molecule has 0 aliphatic heterocycles. The molecule has 0 saturated heterocycles. The highest BCUT2D eigenvalue weighted by Crippen LogP contribution is 2.77. The fourth-order valence-corrected chi connectivity index (χ4v) is 14.9. The summed E-state index contributed by atoms with van der Waals surface area (Å²) in [7, 11) is 4.21. The molecule has 0 spiro atoms. The Morgan fingerprint density at radius 3 is 2.23 bits per heavy atom. The number of carbonyl (C=O) groups is 2. The summed E-state index contributed by atoms with van der Waals surface area (Å²) in [5.41, 5.74) is 5.98. The van der Waals surface area contributed by atoms with E-state index in [2.05, 4.69) is 96.6 Å². The molecule has 0 heterocycles. The van der Waals surface area contributed by atoms with Gasteiger partial charge in [0, 0.05) is 43.0 Å². The van der Waals surface area contributed by atoms with Crippen LogP contribution in [0.2, 0.25) is 5.02 Å². The van der Waals surface area contributed by atoms with Gasteiger partial charge in [-0.05, 0) is 179 Å². The number of ether oxygens (including phenoxy) is 1. The molecular weight excluding hydrogens is 764 g/mol. The third-order valence-corrected chi connectivity index (χ3v) is 18.1. The molecule has 6 aliphatic rings. The monoisotopic (exact) mass is 843 g/mol. The Bertz CT molecular complexity index is 1900. The van der Waals surface area contributed by atoms with Crippen LogP contribution in [0.1, 0.15) is 145 Å². The number of aliphatic hydroxyl groups excluding tert-OH is 1. The molecule has 6 aliphatic carbocycles. The van der Waals surface area contributed by atoms with Gasteiger partial charge in [0.05, 0.1) is 12.0 Å². The zero-order chi connectivity index (χ0) is 43.8. The van der Waals surface area contributed by atoms with Gasteiger partial charge in [-0.1, -0.05) is 89.9 Å². The molecule has 0 amide bonds. The summed E-state index contributed by atoms with van der Waals surface area (Å²) < 4.78 is 5.78. The molecule has 3 fully saturated rings. The first-order valence-electron chi connectivity index (χ1n) is 23.7. The fourth-order valence-electron chi connectivity index (χ4n) is 14.8. The predicted molar refractivity (Wildman–Crippen MR) is 245 cm³/mol. The van der Waals surface area contributed by atoms with E-state index in [1.165, 1.54) is 41.5 Å². The maximum absolute atomic E-state index is 14.4. The molecule has 60 heavy (non-hydrogen) atoms. The molecule has 332 valence electrons. The minimum absolute atomic E-state index is 0.0395.